The van der Waals surface area contributed by atoms with E-state index in [9.17, 15) is 0 Å². The van der Waals surface area contributed by atoms with Crippen molar-refractivity contribution in [2.45, 2.75) is 63.6 Å². The molecule has 7 heteroatoms. The van der Waals surface area contributed by atoms with Crippen LogP contribution < -0.4 is 0 Å². The van der Waals surface area contributed by atoms with Gasteiger partial charge in [-0.1, -0.05) is 19.9 Å². The second kappa shape index (κ2) is 8.77. The first kappa shape index (κ1) is 23.1. The molecule has 0 aromatic carbocycles. The van der Waals surface area contributed by atoms with Crippen molar-refractivity contribution in [2.75, 3.05) is 26.3 Å². The van der Waals surface area contributed by atoms with Crippen LogP contribution in [0.2, 0.25) is 0 Å². The lowest BCUT2D eigenvalue weighted by atomic mass is 9.76. The van der Waals surface area contributed by atoms with Crippen molar-refractivity contribution in [3.05, 3.63) is 66.6 Å². The van der Waals surface area contributed by atoms with Crippen molar-refractivity contribution in [3.8, 4) is 11.3 Å². The molecule has 2 unspecified atom stereocenters. The van der Waals surface area contributed by atoms with Crippen molar-refractivity contribution in [1.82, 2.24) is 29.0 Å². The second-order valence-electron chi connectivity index (χ2n) is 11.6. The van der Waals surface area contributed by atoms with Gasteiger partial charge in [0.25, 0.3) is 0 Å². The summed E-state index contributed by atoms with van der Waals surface area (Å²) in [6, 6.07) is 11.3. The lowest BCUT2D eigenvalue weighted by Gasteiger charge is -2.41. The average molecular weight is 497 g/mol. The fraction of sp³-hybridized carbons (Fsp3) is 0.500. The quantitative estimate of drug-likeness (QED) is 0.365. The van der Waals surface area contributed by atoms with Crippen molar-refractivity contribution < 1.29 is 4.74 Å². The van der Waals surface area contributed by atoms with Gasteiger partial charge < -0.3 is 13.9 Å². The highest BCUT2D eigenvalue weighted by atomic mass is 16.5. The second-order valence-corrected chi connectivity index (χ2v) is 11.6. The SMILES string of the molecule is CC(C)c1nc(-c2cnc3ccn(C(C)c4ccccn4)c3c2)cn1C12CC(C1)C(N1CCOCC1)C2. The molecule has 0 amide bonds. The first-order chi connectivity index (χ1) is 18.0. The zero-order chi connectivity index (χ0) is 25.1. The summed E-state index contributed by atoms with van der Waals surface area (Å²) >= 11 is 0. The number of nitrogens with zero attached hydrogens (tertiary/aromatic N) is 6. The van der Waals surface area contributed by atoms with E-state index in [1.165, 1.54) is 25.1 Å². The third-order valence-electron chi connectivity index (χ3n) is 9.09. The van der Waals surface area contributed by atoms with Crippen LogP contribution in [0.25, 0.3) is 22.3 Å². The van der Waals surface area contributed by atoms with Crippen LogP contribution >= 0.6 is 0 Å². The molecule has 0 N–H and O–H groups in total. The van der Waals surface area contributed by atoms with E-state index in [4.69, 9.17) is 14.7 Å². The number of rotatable bonds is 6. The van der Waals surface area contributed by atoms with E-state index in [1.807, 2.05) is 24.5 Å². The van der Waals surface area contributed by atoms with E-state index in [1.54, 1.807) is 0 Å². The maximum absolute atomic E-state index is 5.63. The van der Waals surface area contributed by atoms with Gasteiger partial charge in [-0.05, 0) is 56.4 Å². The lowest BCUT2D eigenvalue weighted by Crippen LogP contribution is -2.44. The predicted molar refractivity (Wildman–Crippen MR) is 145 cm³/mol. The van der Waals surface area contributed by atoms with Gasteiger partial charge in [0.1, 0.15) is 5.82 Å². The summed E-state index contributed by atoms with van der Waals surface area (Å²) in [5, 5.41) is 0. The van der Waals surface area contributed by atoms with Crippen LogP contribution in [0.3, 0.4) is 0 Å². The van der Waals surface area contributed by atoms with E-state index in [0.717, 1.165) is 60.2 Å². The summed E-state index contributed by atoms with van der Waals surface area (Å²) in [5.74, 6) is 2.38. The van der Waals surface area contributed by atoms with Gasteiger partial charge in [0, 0.05) is 60.9 Å². The summed E-state index contributed by atoms with van der Waals surface area (Å²) in [4.78, 5) is 17.3. The number of imidazole rings is 1. The Morgan fingerprint density at radius 1 is 1.03 bits per heavy atom. The molecule has 3 aliphatic carbocycles. The molecule has 4 fully saturated rings. The summed E-state index contributed by atoms with van der Waals surface area (Å²) in [6.45, 7) is 10.6. The monoisotopic (exact) mass is 496 g/mol. The molecule has 192 valence electrons. The molecule has 0 spiro atoms. The minimum absolute atomic E-state index is 0.126. The first-order valence-corrected chi connectivity index (χ1v) is 13.8. The Morgan fingerprint density at radius 3 is 2.62 bits per heavy atom. The van der Waals surface area contributed by atoms with Crippen LogP contribution in [0.1, 0.15) is 63.5 Å². The van der Waals surface area contributed by atoms with Crippen LogP contribution in [0.5, 0.6) is 0 Å². The number of fused-ring (bicyclic) bond motifs is 2. The Labute approximate surface area is 218 Å². The van der Waals surface area contributed by atoms with E-state index < -0.39 is 0 Å². The van der Waals surface area contributed by atoms with Crippen molar-refractivity contribution in [3.63, 3.8) is 0 Å². The lowest BCUT2D eigenvalue weighted by molar-refractivity contribution is 0.00940. The zero-order valence-corrected chi connectivity index (χ0v) is 22.0. The third-order valence-corrected chi connectivity index (χ3v) is 9.09. The molecule has 1 saturated heterocycles. The van der Waals surface area contributed by atoms with E-state index >= 15 is 0 Å². The third kappa shape index (κ3) is 3.74. The largest absolute Gasteiger partial charge is 0.379 e. The molecule has 8 rings (SSSR count). The summed E-state index contributed by atoms with van der Waals surface area (Å²) < 4.78 is 10.5. The van der Waals surface area contributed by atoms with Crippen molar-refractivity contribution in [2.24, 2.45) is 5.92 Å². The molecule has 2 bridgehead atoms. The maximum Gasteiger partial charge on any atom is 0.112 e. The molecular weight excluding hydrogens is 460 g/mol. The highest BCUT2D eigenvalue weighted by Crippen LogP contribution is 2.59. The molecule has 3 saturated carbocycles. The minimum Gasteiger partial charge on any atom is -0.379 e. The topological polar surface area (TPSA) is 61.0 Å². The highest BCUT2D eigenvalue weighted by molar-refractivity contribution is 5.81. The molecule has 4 aliphatic rings. The first-order valence-electron chi connectivity index (χ1n) is 13.8. The Hall–Kier alpha value is -3.03. The summed E-state index contributed by atoms with van der Waals surface area (Å²) in [6.07, 6.45) is 12.1. The maximum atomic E-state index is 5.63. The number of ether oxygens (including phenoxy) is 1. The molecule has 4 aromatic rings. The van der Waals surface area contributed by atoms with Crippen molar-refractivity contribution in [1.29, 1.82) is 0 Å². The number of morpholine rings is 1. The Bertz CT molecular complexity index is 1410. The molecule has 4 aromatic heterocycles. The highest BCUT2D eigenvalue weighted by Gasteiger charge is 2.59. The predicted octanol–water partition coefficient (Wildman–Crippen LogP) is 5.24. The Kier molecular flexibility index (Phi) is 5.48. The Morgan fingerprint density at radius 2 is 1.86 bits per heavy atom. The van der Waals surface area contributed by atoms with Crippen LogP contribution in [0.15, 0.2) is 55.1 Å². The molecule has 5 heterocycles. The number of pyridine rings is 2. The van der Waals surface area contributed by atoms with Gasteiger partial charge in [0.15, 0.2) is 0 Å². The summed E-state index contributed by atoms with van der Waals surface area (Å²) in [7, 11) is 0. The van der Waals surface area contributed by atoms with Gasteiger partial charge in [0.05, 0.1) is 41.7 Å². The molecule has 0 radical (unpaired) electrons. The van der Waals surface area contributed by atoms with E-state index in [2.05, 4.69) is 70.4 Å². The smallest absolute Gasteiger partial charge is 0.112 e. The van der Waals surface area contributed by atoms with Crippen LogP contribution in [0, 0.1) is 5.92 Å². The normalized spacial score (nSPS) is 26.6. The fourth-order valence-electron chi connectivity index (χ4n) is 7.14. The van der Waals surface area contributed by atoms with Gasteiger partial charge in [-0.15, -0.1) is 0 Å². The molecule has 7 nitrogen and oxygen atoms in total. The van der Waals surface area contributed by atoms with Gasteiger partial charge in [-0.25, -0.2) is 4.98 Å². The van der Waals surface area contributed by atoms with E-state index in [-0.39, 0.29) is 11.6 Å². The fourth-order valence-corrected chi connectivity index (χ4v) is 7.14. The number of hydrogen-bond donors (Lipinski definition) is 0. The minimum atomic E-state index is 0.126. The van der Waals surface area contributed by atoms with Gasteiger partial charge in [0.2, 0.25) is 0 Å². The Balaban J connectivity index is 1.23. The van der Waals surface area contributed by atoms with Gasteiger partial charge in [-0.3, -0.25) is 14.9 Å². The number of hydrogen-bond acceptors (Lipinski definition) is 5. The van der Waals surface area contributed by atoms with E-state index in [0.29, 0.717) is 12.0 Å². The van der Waals surface area contributed by atoms with Crippen LogP contribution in [-0.4, -0.2) is 61.3 Å². The standard InChI is InChI=1S/C30H36N6O/c1-20(2)29-33-26(19-36(29)30-15-23(16-30)28(17-30)34-10-12-37-13-11-34)22-14-27-25(32-18-22)7-9-35(27)21(3)24-6-4-5-8-31-24/h4-9,14,18-21,23,28H,10-13,15-17H2,1-3H3. The molecule has 2 atom stereocenters. The average Bonchev–Trinajstić information content (AvgIpc) is 3.69. The van der Waals surface area contributed by atoms with Crippen LogP contribution in [-0.2, 0) is 10.3 Å². The molecular formula is C30H36N6O. The van der Waals surface area contributed by atoms with Crippen molar-refractivity contribution >= 4 is 11.0 Å². The zero-order valence-electron chi connectivity index (χ0n) is 22.0. The summed E-state index contributed by atoms with van der Waals surface area (Å²) in [5.41, 5.74) is 5.49. The molecule has 37 heavy (non-hydrogen) atoms. The number of aromatic nitrogens is 5. The van der Waals surface area contributed by atoms with Crippen LogP contribution in [0.4, 0.5) is 0 Å². The van der Waals surface area contributed by atoms with Gasteiger partial charge in [-0.2, -0.15) is 0 Å². The van der Waals surface area contributed by atoms with Gasteiger partial charge >= 0.3 is 0 Å². The molecule has 1 aliphatic heterocycles.